The van der Waals surface area contributed by atoms with E-state index >= 15 is 0 Å². The summed E-state index contributed by atoms with van der Waals surface area (Å²) in [5, 5.41) is 5.74. The molecule has 8 nitrogen and oxygen atoms in total. The summed E-state index contributed by atoms with van der Waals surface area (Å²) >= 11 is 0. The number of imide groups is 1. The van der Waals surface area contributed by atoms with E-state index in [1.54, 1.807) is 12.1 Å². The highest BCUT2D eigenvalue weighted by atomic mass is 16.3. The predicted molar refractivity (Wildman–Crippen MR) is 106 cm³/mol. The van der Waals surface area contributed by atoms with Crippen molar-refractivity contribution in [3.05, 3.63) is 24.2 Å². The zero-order valence-corrected chi connectivity index (χ0v) is 16.8. The highest BCUT2D eigenvalue weighted by Gasteiger charge is 2.38. The highest BCUT2D eigenvalue weighted by Crippen LogP contribution is 2.30. The Kier molecular flexibility index (Phi) is 6.18. The third-order valence-electron chi connectivity index (χ3n) is 6.45. The zero-order valence-electron chi connectivity index (χ0n) is 16.8. The van der Waals surface area contributed by atoms with Crippen LogP contribution >= 0.6 is 0 Å². The second kappa shape index (κ2) is 8.98. The molecule has 29 heavy (non-hydrogen) atoms. The van der Waals surface area contributed by atoms with E-state index in [9.17, 15) is 14.4 Å². The molecule has 0 radical (unpaired) electrons. The lowest BCUT2D eigenvalue weighted by atomic mass is 9.83. The molecule has 4 heterocycles. The topological polar surface area (TPSA) is 94.9 Å². The van der Waals surface area contributed by atoms with E-state index in [0.29, 0.717) is 30.7 Å². The van der Waals surface area contributed by atoms with Crippen LogP contribution in [0.4, 0.5) is 4.79 Å². The molecule has 4 rings (SSSR count). The van der Waals surface area contributed by atoms with Crippen molar-refractivity contribution in [1.29, 1.82) is 0 Å². The molecule has 158 valence electrons. The zero-order chi connectivity index (χ0) is 20.2. The van der Waals surface area contributed by atoms with Gasteiger partial charge in [-0.3, -0.25) is 14.5 Å². The van der Waals surface area contributed by atoms with Gasteiger partial charge in [-0.2, -0.15) is 0 Å². The first-order chi connectivity index (χ1) is 14.1. The molecule has 0 spiro atoms. The van der Waals surface area contributed by atoms with Gasteiger partial charge in [0.2, 0.25) is 5.91 Å². The van der Waals surface area contributed by atoms with Gasteiger partial charge in [0.1, 0.15) is 11.8 Å². The fourth-order valence-corrected chi connectivity index (χ4v) is 4.90. The quantitative estimate of drug-likeness (QED) is 0.679. The number of carbonyl (C=O) groups excluding carboxylic acids is 3. The van der Waals surface area contributed by atoms with Crippen molar-refractivity contribution in [3.8, 4) is 0 Å². The van der Waals surface area contributed by atoms with Crippen LogP contribution in [0.5, 0.6) is 0 Å². The van der Waals surface area contributed by atoms with Gasteiger partial charge in [0.05, 0.1) is 12.8 Å². The summed E-state index contributed by atoms with van der Waals surface area (Å²) in [7, 11) is 0. The van der Waals surface area contributed by atoms with Crippen molar-refractivity contribution in [1.82, 2.24) is 20.4 Å². The van der Waals surface area contributed by atoms with Crippen LogP contribution in [-0.2, 0) is 16.1 Å². The van der Waals surface area contributed by atoms with Crippen molar-refractivity contribution in [3.63, 3.8) is 0 Å². The first kappa shape index (κ1) is 19.9. The second-order valence-corrected chi connectivity index (χ2v) is 8.35. The Morgan fingerprint density at radius 1 is 1.21 bits per heavy atom. The van der Waals surface area contributed by atoms with Crippen LogP contribution in [0.15, 0.2) is 22.8 Å². The largest absolute Gasteiger partial charge is 0.467 e. The summed E-state index contributed by atoms with van der Waals surface area (Å²) in [6.45, 7) is 3.19. The molecule has 3 unspecified atom stereocenters. The molecule has 0 bridgehead atoms. The monoisotopic (exact) mass is 402 g/mol. The normalized spacial score (nSPS) is 27.6. The minimum absolute atomic E-state index is 0.0514. The van der Waals surface area contributed by atoms with E-state index < -0.39 is 12.1 Å². The first-order valence-electron chi connectivity index (χ1n) is 10.8. The molecule has 1 aromatic heterocycles. The van der Waals surface area contributed by atoms with Crippen molar-refractivity contribution in [2.45, 2.75) is 63.6 Å². The summed E-state index contributed by atoms with van der Waals surface area (Å²) in [5.41, 5.74) is 0. The van der Waals surface area contributed by atoms with Gasteiger partial charge < -0.3 is 20.0 Å². The Morgan fingerprint density at radius 3 is 2.90 bits per heavy atom. The Hall–Kier alpha value is -2.35. The lowest BCUT2D eigenvalue weighted by molar-refractivity contribution is -0.128. The van der Waals surface area contributed by atoms with Crippen LogP contribution in [0.3, 0.4) is 0 Å². The molecule has 8 heteroatoms. The Morgan fingerprint density at radius 2 is 2.07 bits per heavy atom. The van der Waals surface area contributed by atoms with Crippen molar-refractivity contribution >= 4 is 17.8 Å². The molecule has 1 aromatic rings. The van der Waals surface area contributed by atoms with Gasteiger partial charge in [-0.15, -0.1) is 0 Å². The maximum absolute atomic E-state index is 12.5. The Bertz CT molecular complexity index is 733. The summed E-state index contributed by atoms with van der Waals surface area (Å²) < 4.78 is 5.21. The lowest BCUT2D eigenvalue weighted by Gasteiger charge is -2.44. The van der Waals surface area contributed by atoms with E-state index in [-0.39, 0.29) is 24.8 Å². The van der Waals surface area contributed by atoms with E-state index in [2.05, 4.69) is 15.5 Å². The number of rotatable bonds is 7. The van der Waals surface area contributed by atoms with Crippen LogP contribution < -0.4 is 10.6 Å². The number of hydrogen-bond acceptors (Lipinski definition) is 5. The number of hydrogen-bond donors (Lipinski definition) is 2. The maximum Gasteiger partial charge on any atom is 0.325 e. The number of nitrogens with zero attached hydrogens (tertiary/aromatic N) is 2. The smallest absolute Gasteiger partial charge is 0.325 e. The second-order valence-electron chi connectivity index (χ2n) is 8.35. The SMILES string of the molecule is O=C(CCC1NC(=O)N(Cc2ccco2)C1=O)NCC1CCCN2CCCCC12. The fraction of sp³-hybridized carbons (Fsp3) is 0.667. The van der Waals surface area contributed by atoms with Crippen LogP contribution in [0.1, 0.15) is 50.7 Å². The molecule has 3 fully saturated rings. The molecule has 0 aliphatic carbocycles. The molecular weight excluding hydrogens is 372 g/mol. The number of amides is 4. The first-order valence-corrected chi connectivity index (χ1v) is 10.8. The van der Waals surface area contributed by atoms with E-state index in [1.807, 2.05) is 0 Å². The van der Waals surface area contributed by atoms with Gasteiger partial charge in [0.15, 0.2) is 0 Å². The van der Waals surface area contributed by atoms with E-state index in [0.717, 1.165) is 4.90 Å². The fourth-order valence-electron chi connectivity index (χ4n) is 4.90. The predicted octanol–water partition coefficient (Wildman–Crippen LogP) is 1.86. The Labute approximate surface area is 171 Å². The van der Waals surface area contributed by atoms with Crippen LogP contribution in [0.2, 0.25) is 0 Å². The molecule has 3 saturated heterocycles. The van der Waals surface area contributed by atoms with Gasteiger partial charge in [-0.25, -0.2) is 4.79 Å². The van der Waals surface area contributed by atoms with Crippen molar-refractivity contribution in [2.24, 2.45) is 5.92 Å². The minimum atomic E-state index is -0.647. The minimum Gasteiger partial charge on any atom is -0.467 e. The molecular formula is C21H30N4O4. The van der Waals surface area contributed by atoms with Crippen LogP contribution in [-0.4, -0.2) is 59.4 Å². The standard InChI is InChI=1S/C21H30N4O4/c26-19(22-13-15-5-3-11-24-10-2-1-7-18(15)24)9-8-17-20(27)25(21(28)23-17)14-16-6-4-12-29-16/h4,6,12,15,17-18H,1-3,5,7-11,13-14H2,(H,22,26)(H,23,28). The third kappa shape index (κ3) is 4.63. The Balaban J connectivity index is 1.21. The molecule has 4 amide bonds. The van der Waals surface area contributed by atoms with Crippen molar-refractivity contribution < 1.29 is 18.8 Å². The van der Waals surface area contributed by atoms with Gasteiger partial charge in [-0.1, -0.05) is 6.42 Å². The summed E-state index contributed by atoms with van der Waals surface area (Å²) in [5.74, 6) is 0.717. The molecule has 3 aliphatic heterocycles. The average Bonchev–Trinajstić information content (AvgIpc) is 3.34. The molecule has 2 N–H and O–H groups in total. The van der Waals surface area contributed by atoms with Gasteiger partial charge >= 0.3 is 6.03 Å². The molecule has 3 atom stereocenters. The molecule has 3 aliphatic rings. The average molecular weight is 402 g/mol. The molecule has 0 saturated carbocycles. The number of furan rings is 1. The van der Waals surface area contributed by atoms with E-state index in [4.69, 9.17) is 4.42 Å². The summed E-state index contributed by atoms with van der Waals surface area (Å²) in [6, 6.07) is 2.96. The van der Waals surface area contributed by atoms with Gasteiger partial charge in [0.25, 0.3) is 5.91 Å². The molecule has 0 aromatic carbocycles. The highest BCUT2D eigenvalue weighted by molar-refractivity contribution is 6.04. The number of nitrogens with one attached hydrogen (secondary N) is 2. The van der Waals surface area contributed by atoms with Crippen LogP contribution in [0.25, 0.3) is 0 Å². The van der Waals surface area contributed by atoms with Gasteiger partial charge in [-0.05, 0) is 63.2 Å². The lowest BCUT2D eigenvalue weighted by Crippen LogP contribution is -2.51. The van der Waals surface area contributed by atoms with Crippen molar-refractivity contribution in [2.75, 3.05) is 19.6 Å². The number of fused-ring (bicyclic) bond motifs is 1. The number of carbonyl (C=O) groups is 3. The maximum atomic E-state index is 12.5. The van der Waals surface area contributed by atoms with E-state index in [1.165, 1.54) is 51.5 Å². The third-order valence-corrected chi connectivity index (χ3v) is 6.45. The van der Waals surface area contributed by atoms with Crippen LogP contribution in [0, 0.1) is 5.92 Å². The number of urea groups is 1. The number of piperidine rings is 2. The summed E-state index contributed by atoms with van der Waals surface area (Å²) in [4.78, 5) is 40.6. The summed E-state index contributed by atoms with van der Waals surface area (Å²) in [6.07, 6.45) is 8.21. The van der Waals surface area contributed by atoms with Gasteiger partial charge in [0, 0.05) is 19.0 Å².